The van der Waals surface area contributed by atoms with Gasteiger partial charge in [0, 0.05) is 13.1 Å². The van der Waals surface area contributed by atoms with Crippen LogP contribution in [0.25, 0.3) is 0 Å². The summed E-state index contributed by atoms with van der Waals surface area (Å²) in [6.45, 7) is 2.94. The van der Waals surface area contributed by atoms with Crippen molar-refractivity contribution in [2.75, 3.05) is 20.2 Å². The van der Waals surface area contributed by atoms with Crippen LogP contribution in [-0.2, 0) is 14.8 Å². The molecule has 0 atom stereocenters. The van der Waals surface area contributed by atoms with E-state index in [1.807, 2.05) is 6.92 Å². The van der Waals surface area contributed by atoms with Gasteiger partial charge in [-0.05, 0) is 43.4 Å². The predicted octanol–water partition coefficient (Wildman–Crippen LogP) is 2.94. The minimum atomic E-state index is -3.65. The zero-order chi connectivity index (χ0) is 16.3. The van der Waals surface area contributed by atoms with Crippen molar-refractivity contribution >= 4 is 27.6 Å². The Labute approximate surface area is 136 Å². The molecule has 0 radical (unpaired) electrons. The monoisotopic (exact) mass is 345 g/mol. The number of sulfonamides is 1. The lowest BCUT2D eigenvalue weighted by Crippen LogP contribution is -2.33. The number of hydrogen-bond donors (Lipinski definition) is 0. The topological polar surface area (TPSA) is 63.7 Å². The van der Waals surface area contributed by atoms with E-state index in [-0.39, 0.29) is 15.5 Å². The smallest absolute Gasteiger partial charge is 0.337 e. The molecule has 0 saturated heterocycles. The van der Waals surface area contributed by atoms with E-state index in [2.05, 4.69) is 4.74 Å². The number of halogens is 1. The second-order valence-electron chi connectivity index (χ2n) is 5.44. The number of benzene rings is 1. The maximum absolute atomic E-state index is 12.8. The third kappa shape index (κ3) is 3.80. The summed E-state index contributed by atoms with van der Waals surface area (Å²) >= 11 is 6.10. The van der Waals surface area contributed by atoms with Crippen molar-refractivity contribution in [1.29, 1.82) is 0 Å². The van der Waals surface area contributed by atoms with Crippen LogP contribution in [0.2, 0.25) is 5.02 Å². The van der Waals surface area contributed by atoms with Crippen molar-refractivity contribution in [3.05, 3.63) is 28.8 Å². The Morgan fingerprint density at radius 3 is 2.59 bits per heavy atom. The van der Waals surface area contributed by atoms with Gasteiger partial charge in [-0.2, -0.15) is 4.31 Å². The van der Waals surface area contributed by atoms with Crippen LogP contribution in [0.1, 0.15) is 36.5 Å². The van der Waals surface area contributed by atoms with E-state index in [0.717, 1.165) is 19.3 Å². The number of hydrogen-bond acceptors (Lipinski definition) is 4. The molecule has 1 saturated carbocycles. The molecule has 0 spiro atoms. The Bertz CT molecular complexity index is 656. The summed E-state index contributed by atoms with van der Waals surface area (Å²) < 4.78 is 31.7. The first-order valence-electron chi connectivity index (χ1n) is 7.28. The van der Waals surface area contributed by atoms with Gasteiger partial charge in [-0.25, -0.2) is 13.2 Å². The normalized spacial score (nSPS) is 15.1. The van der Waals surface area contributed by atoms with Crippen LogP contribution in [-0.4, -0.2) is 38.9 Å². The number of ether oxygens (including phenoxy) is 1. The molecule has 1 aromatic rings. The fourth-order valence-corrected chi connectivity index (χ4v) is 4.37. The molecule has 1 aromatic carbocycles. The molecule has 0 aliphatic heterocycles. The van der Waals surface area contributed by atoms with Crippen LogP contribution in [0.15, 0.2) is 23.1 Å². The third-order valence-corrected chi connectivity index (χ3v) is 5.95. The Morgan fingerprint density at radius 1 is 1.41 bits per heavy atom. The molecule has 1 aliphatic carbocycles. The summed E-state index contributed by atoms with van der Waals surface area (Å²) in [7, 11) is -2.39. The standard InChI is InChI=1S/C15H20ClNO4S/c1-3-8-17(10-11-4-5-11)22(19,20)14-7-6-12(9-13(14)16)15(18)21-2/h6-7,9,11H,3-5,8,10H2,1-2H3. The zero-order valence-electron chi connectivity index (χ0n) is 12.7. The van der Waals surface area contributed by atoms with Gasteiger partial charge < -0.3 is 4.74 Å². The summed E-state index contributed by atoms with van der Waals surface area (Å²) in [5.74, 6) is -0.0938. The molecule has 1 aliphatic rings. The first-order valence-corrected chi connectivity index (χ1v) is 9.10. The van der Waals surface area contributed by atoms with Gasteiger partial charge in [-0.15, -0.1) is 0 Å². The van der Waals surface area contributed by atoms with Gasteiger partial charge >= 0.3 is 5.97 Å². The first-order chi connectivity index (χ1) is 10.4. The molecular formula is C15H20ClNO4S. The van der Waals surface area contributed by atoms with Gasteiger partial charge in [-0.3, -0.25) is 0 Å². The molecule has 0 bridgehead atoms. The second-order valence-corrected chi connectivity index (χ2v) is 7.76. The van der Waals surface area contributed by atoms with Crippen molar-refractivity contribution < 1.29 is 17.9 Å². The van der Waals surface area contributed by atoms with Crippen molar-refractivity contribution in [2.45, 2.75) is 31.1 Å². The average molecular weight is 346 g/mol. The number of methoxy groups -OCH3 is 1. The molecule has 0 N–H and O–H groups in total. The highest BCUT2D eigenvalue weighted by Gasteiger charge is 2.32. The number of carbonyl (C=O) groups excluding carboxylic acids is 1. The van der Waals surface area contributed by atoms with Gasteiger partial charge in [-0.1, -0.05) is 18.5 Å². The average Bonchev–Trinajstić information content (AvgIpc) is 3.29. The molecule has 1 fully saturated rings. The molecule has 0 aromatic heterocycles. The number of esters is 1. The quantitative estimate of drug-likeness (QED) is 0.713. The number of nitrogens with zero attached hydrogens (tertiary/aromatic N) is 1. The van der Waals surface area contributed by atoms with Gasteiger partial charge in [0.15, 0.2) is 0 Å². The van der Waals surface area contributed by atoms with E-state index >= 15 is 0 Å². The van der Waals surface area contributed by atoms with E-state index in [1.54, 1.807) is 0 Å². The molecule has 0 heterocycles. The minimum Gasteiger partial charge on any atom is -0.465 e. The summed E-state index contributed by atoms with van der Waals surface area (Å²) in [4.78, 5) is 11.5. The highest BCUT2D eigenvalue weighted by molar-refractivity contribution is 7.89. The van der Waals surface area contributed by atoms with E-state index in [9.17, 15) is 13.2 Å². The third-order valence-electron chi connectivity index (χ3n) is 3.60. The molecule has 122 valence electrons. The Balaban J connectivity index is 2.32. The fraction of sp³-hybridized carbons (Fsp3) is 0.533. The number of carbonyl (C=O) groups is 1. The maximum atomic E-state index is 12.8. The highest BCUT2D eigenvalue weighted by Crippen LogP contribution is 2.33. The summed E-state index contributed by atoms with van der Waals surface area (Å²) in [5.41, 5.74) is 0.232. The lowest BCUT2D eigenvalue weighted by molar-refractivity contribution is 0.0600. The van der Waals surface area contributed by atoms with Gasteiger partial charge in [0.1, 0.15) is 4.90 Å². The van der Waals surface area contributed by atoms with Crippen molar-refractivity contribution in [3.8, 4) is 0 Å². The van der Waals surface area contributed by atoms with Gasteiger partial charge in [0.2, 0.25) is 10.0 Å². The van der Waals surface area contributed by atoms with Crippen LogP contribution >= 0.6 is 11.6 Å². The van der Waals surface area contributed by atoms with Crippen LogP contribution in [0, 0.1) is 5.92 Å². The van der Waals surface area contributed by atoms with E-state index in [4.69, 9.17) is 11.6 Å². The molecule has 7 heteroatoms. The molecule has 5 nitrogen and oxygen atoms in total. The largest absolute Gasteiger partial charge is 0.465 e. The second kappa shape index (κ2) is 6.98. The van der Waals surface area contributed by atoms with E-state index in [0.29, 0.717) is 19.0 Å². The van der Waals surface area contributed by atoms with Crippen LogP contribution < -0.4 is 0 Å². The number of rotatable bonds is 7. The summed E-state index contributed by atoms with van der Waals surface area (Å²) in [6.07, 6.45) is 2.89. The van der Waals surface area contributed by atoms with Gasteiger partial charge in [0.05, 0.1) is 17.7 Å². The predicted molar refractivity (Wildman–Crippen MR) is 84.6 cm³/mol. The Morgan fingerprint density at radius 2 is 2.09 bits per heavy atom. The van der Waals surface area contributed by atoms with E-state index in [1.165, 1.54) is 29.6 Å². The Kier molecular flexibility index (Phi) is 5.47. The van der Waals surface area contributed by atoms with Crippen molar-refractivity contribution in [3.63, 3.8) is 0 Å². The minimum absolute atomic E-state index is 0.0379. The maximum Gasteiger partial charge on any atom is 0.337 e. The lowest BCUT2D eigenvalue weighted by Gasteiger charge is -2.22. The van der Waals surface area contributed by atoms with Crippen LogP contribution in [0.5, 0.6) is 0 Å². The van der Waals surface area contributed by atoms with Crippen LogP contribution in [0.4, 0.5) is 0 Å². The first kappa shape index (κ1) is 17.2. The van der Waals surface area contributed by atoms with Crippen molar-refractivity contribution in [2.24, 2.45) is 5.92 Å². The Hall–Kier alpha value is -1.11. The fourth-order valence-electron chi connectivity index (χ4n) is 2.24. The molecule has 22 heavy (non-hydrogen) atoms. The SMILES string of the molecule is CCCN(CC1CC1)S(=O)(=O)c1ccc(C(=O)OC)cc1Cl. The van der Waals surface area contributed by atoms with Crippen molar-refractivity contribution in [1.82, 2.24) is 4.31 Å². The molecular weight excluding hydrogens is 326 g/mol. The van der Waals surface area contributed by atoms with Gasteiger partial charge in [0.25, 0.3) is 0 Å². The summed E-state index contributed by atoms with van der Waals surface area (Å²) in [6, 6.07) is 4.13. The van der Waals surface area contributed by atoms with E-state index < -0.39 is 16.0 Å². The zero-order valence-corrected chi connectivity index (χ0v) is 14.3. The van der Waals surface area contributed by atoms with Crippen LogP contribution in [0.3, 0.4) is 0 Å². The molecule has 0 unspecified atom stereocenters. The summed E-state index contributed by atoms with van der Waals surface area (Å²) in [5, 5.41) is 0.0415. The lowest BCUT2D eigenvalue weighted by atomic mass is 10.2. The molecule has 0 amide bonds. The highest BCUT2D eigenvalue weighted by atomic mass is 35.5. The molecule has 2 rings (SSSR count).